The summed E-state index contributed by atoms with van der Waals surface area (Å²) in [6.07, 6.45) is 7.82. The number of piperidine rings is 1. The number of aromatic hydroxyl groups is 1. The molecule has 0 unspecified atom stereocenters. The van der Waals surface area contributed by atoms with Gasteiger partial charge in [0.05, 0.1) is 5.56 Å². The highest BCUT2D eigenvalue weighted by Gasteiger charge is 2.35. The number of phenols is 1. The number of likely N-dealkylation sites (tertiary alicyclic amines) is 1. The SMILES string of the molecule is Cc1cc(C[C@@H](OC(=O)N2CCC(N3CCc4ccccc4NC3=O)CC2)C(=O)N2CCN(c3ccc(C(=O)OC4=CC=CCC4)cc3)CC2)cc(C)c1O. The number of esters is 1. The summed E-state index contributed by atoms with van der Waals surface area (Å²) in [5.74, 6) is 0.210. The van der Waals surface area contributed by atoms with E-state index >= 15 is 0 Å². The number of aryl methyl sites for hydroxylation is 2. The van der Waals surface area contributed by atoms with Crippen LogP contribution < -0.4 is 10.2 Å². The number of anilines is 2. The molecule has 3 aromatic carbocycles. The van der Waals surface area contributed by atoms with Crippen molar-refractivity contribution >= 4 is 35.4 Å². The first-order valence-electron chi connectivity index (χ1n) is 19.2. The molecule has 0 saturated carbocycles. The summed E-state index contributed by atoms with van der Waals surface area (Å²) in [4.78, 5) is 61.1. The van der Waals surface area contributed by atoms with Crippen LogP contribution >= 0.6 is 0 Å². The molecule has 0 radical (unpaired) electrons. The third-order valence-electron chi connectivity index (χ3n) is 11.1. The van der Waals surface area contributed by atoms with Crippen molar-refractivity contribution in [3.05, 3.63) is 112 Å². The van der Waals surface area contributed by atoms with Crippen LogP contribution in [0.3, 0.4) is 0 Å². The Hall–Kier alpha value is -5.78. The van der Waals surface area contributed by atoms with Crippen LogP contribution in [-0.4, -0.2) is 102 Å². The number of piperazine rings is 1. The molecule has 7 rings (SSSR count). The number of ether oxygens (including phenoxy) is 2. The number of amides is 4. The summed E-state index contributed by atoms with van der Waals surface area (Å²) in [7, 11) is 0. The summed E-state index contributed by atoms with van der Waals surface area (Å²) >= 11 is 0. The fourth-order valence-corrected chi connectivity index (χ4v) is 7.89. The number of para-hydroxylation sites is 1. The first kappa shape index (κ1) is 37.5. The Morgan fingerprint density at radius 2 is 1.58 bits per heavy atom. The molecule has 1 atom stereocenters. The molecule has 0 spiro atoms. The van der Waals surface area contributed by atoms with Crippen molar-refractivity contribution in [3.63, 3.8) is 0 Å². The summed E-state index contributed by atoms with van der Waals surface area (Å²) in [6, 6.07) is 18.7. The molecule has 3 aliphatic heterocycles. The number of allylic oxidation sites excluding steroid dienone is 4. The molecule has 55 heavy (non-hydrogen) atoms. The van der Waals surface area contributed by atoms with Crippen molar-refractivity contribution in [1.29, 1.82) is 0 Å². The molecule has 288 valence electrons. The Kier molecular flexibility index (Phi) is 11.4. The predicted octanol–water partition coefficient (Wildman–Crippen LogP) is 6.35. The molecule has 2 fully saturated rings. The third-order valence-corrected chi connectivity index (χ3v) is 11.1. The van der Waals surface area contributed by atoms with Gasteiger partial charge in [-0.2, -0.15) is 0 Å². The van der Waals surface area contributed by atoms with Crippen LogP contribution in [0.15, 0.2) is 84.7 Å². The highest BCUT2D eigenvalue weighted by atomic mass is 16.6. The van der Waals surface area contributed by atoms with E-state index in [2.05, 4.69) is 10.2 Å². The Morgan fingerprint density at radius 1 is 0.873 bits per heavy atom. The quantitative estimate of drug-likeness (QED) is 0.255. The summed E-state index contributed by atoms with van der Waals surface area (Å²) in [6.45, 7) is 7.02. The van der Waals surface area contributed by atoms with Crippen molar-refractivity contribution in [2.45, 2.75) is 64.5 Å². The van der Waals surface area contributed by atoms with E-state index < -0.39 is 12.2 Å². The molecular weight excluding hydrogens is 699 g/mol. The summed E-state index contributed by atoms with van der Waals surface area (Å²) in [5.41, 5.74) is 5.52. The second kappa shape index (κ2) is 16.7. The number of carbonyl (C=O) groups excluding carboxylic acids is 4. The monoisotopic (exact) mass is 747 g/mol. The van der Waals surface area contributed by atoms with E-state index in [-0.39, 0.29) is 36.1 Å². The molecule has 2 saturated heterocycles. The zero-order chi connectivity index (χ0) is 38.5. The molecule has 3 aromatic rings. The highest BCUT2D eigenvalue weighted by molar-refractivity contribution is 5.91. The maximum atomic E-state index is 14.2. The van der Waals surface area contributed by atoms with Crippen molar-refractivity contribution in [1.82, 2.24) is 14.7 Å². The van der Waals surface area contributed by atoms with Crippen LogP contribution in [-0.2, 0) is 27.1 Å². The summed E-state index contributed by atoms with van der Waals surface area (Å²) < 4.78 is 11.6. The standard InChI is InChI=1S/C43H49N5O7/c1-29-26-31(27-30(2)39(29)49)28-38(55-43(53)47-19-17-35(18-20-47)48-21-16-32-8-6-7-11-37(32)44-42(48)52)40(50)46-24-22-45(23-25-46)34-14-12-33(13-15-34)41(51)54-36-9-4-3-5-10-36/h3-4,6-9,11-15,26-27,35,38,49H,5,10,16-25,28H2,1-2H3,(H,44,52)/t38-/m1/s1. The summed E-state index contributed by atoms with van der Waals surface area (Å²) in [5, 5.41) is 13.4. The minimum absolute atomic E-state index is 0.0167. The molecule has 2 N–H and O–H groups in total. The average molecular weight is 748 g/mol. The number of urea groups is 1. The van der Waals surface area contributed by atoms with E-state index in [1.54, 1.807) is 21.9 Å². The number of carbonyl (C=O) groups is 4. The average Bonchev–Trinajstić information content (AvgIpc) is 3.38. The molecular formula is C43H49N5O7. The topological polar surface area (TPSA) is 132 Å². The van der Waals surface area contributed by atoms with Crippen molar-refractivity contribution in [2.24, 2.45) is 0 Å². The first-order chi connectivity index (χ1) is 26.6. The van der Waals surface area contributed by atoms with Gasteiger partial charge in [0.15, 0.2) is 6.10 Å². The van der Waals surface area contributed by atoms with Crippen LogP contribution in [0.5, 0.6) is 5.75 Å². The van der Waals surface area contributed by atoms with Gasteiger partial charge in [-0.3, -0.25) is 4.79 Å². The Labute approximate surface area is 322 Å². The molecule has 0 bridgehead atoms. The molecule has 3 heterocycles. The van der Waals surface area contributed by atoms with Gasteiger partial charge >= 0.3 is 18.1 Å². The lowest BCUT2D eigenvalue weighted by molar-refractivity contribution is -0.141. The lowest BCUT2D eigenvalue weighted by Crippen LogP contribution is -2.54. The third kappa shape index (κ3) is 8.80. The van der Waals surface area contributed by atoms with Gasteiger partial charge in [0, 0.05) is 76.1 Å². The Morgan fingerprint density at radius 3 is 2.27 bits per heavy atom. The van der Waals surface area contributed by atoms with Crippen LogP contribution in [0.25, 0.3) is 0 Å². The van der Waals surface area contributed by atoms with Crippen molar-refractivity contribution in [3.8, 4) is 5.75 Å². The van der Waals surface area contributed by atoms with E-state index in [1.165, 1.54) is 0 Å². The first-order valence-corrected chi connectivity index (χ1v) is 19.2. The minimum atomic E-state index is -1.06. The maximum Gasteiger partial charge on any atom is 0.410 e. The second-order valence-corrected chi connectivity index (χ2v) is 14.8. The lowest BCUT2D eigenvalue weighted by Gasteiger charge is -2.39. The molecule has 4 aliphatic rings. The molecule has 4 amide bonds. The van der Waals surface area contributed by atoms with E-state index in [0.717, 1.165) is 35.3 Å². The Bertz CT molecular complexity index is 1950. The zero-order valence-electron chi connectivity index (χ0n) is 31.5. The molecule has 12 heteroatoms. The normalized spacial score (nSPS) is 18.1. The molecule has 0 aromatic heterocycles. The second-order valence-electron chi connectivity index (χ2n) is 14.8. The van der Waals surface area contributed by atoms with Gasteiger partial charge in [0.25, 0.3) is 5.91 Å². The van der Waals surface area contributed by atoms with Crippen LogP contribution in [0.4, 0.5) is 21.0 Å². The molecule has 12 nitrogen and oxygen atoms in total. The van der Waals surface area contributed by atoms with Gasteiger partial charge in [0.1, 0.15) is 11.5 Å². The number of fused-ring (bicyclic) bond motifs is 1. The fraction of sp³-hybridized carbons (Fsp3) is 0.395. The number of hydrogen-bond donors (Lipinski definition) is 2. The van der Waals surface area contributed by atoms with Gasteiger partial charge in [0.2, 0.25) is 0 Å². The number of nitrogens with one attached hydrogen (secondary N) is 1. The fourth-order valence-electron chi connectivity index (χ4n) is 7.89. The van der Waals surface area contributed by atoms with E-state index in [4.69, 9.17) is 9.47 Å². The van der Waals surface area contributed by atoms with Crippen LogP contribution in [0, 0.1) is 13.8 Å². The highest BCUT2D eigenvalue weighted by Crippen LogP contribution is 2.28. The van der Waals surface area contributed by atoms with Crippen LogP contribution in [0.1, 0.15) is 58.3 Å². The Balaban J connectivity index is 0.968. The van der Waals surface area contributed by atoms with Gasteiger partial charge in [-0.1, -0.05) is 42.5 Å². The van der Waals surface area contributed by atoms with E-state index in [1.807, 2.05) is 85.5 Å². The van der Waals surface area contributed by atoms with Crippen molar-refractivity contribution < 1.29 is 33.8 Å². The number of hydrogen-bond acceptors (Lipinski definition) is 8. The smallest absolute Gasteiger partial charge is 0.410 e. The number of rotatable bonds is 8. The molecule has 1 aliphatic carbocycles. The van der Waals surface area contributed by atoms with Gasteiger partial charge in [-0.05, 0) is 98.2 Å². The number of phenolic OH excluding ortho intramolecular Hbond substituents is 1. The maximum absolute atomic E-state index is 14.2. The lowest BCUT2D eigenvalue weighted by atomic mass is 10.0. The van der Waals surface area contributed by atoms with E-state index in [0.29, 0.717) is 87.5 Å². The number of nitrogens with zero attached hydrogens (tertiary/aromatic N) is 4. The van der Waals surface area contributed by atoms with Gasteiger partial charge < -0.3 is 39.5 Å². The van der Waals surface area contributed by atoms with E-state index in [9.17, 15) is 24.3 Å². The van der Waals surface area contributed by atoms with Gasteiger partial charge in [-0.25, -0.2) is 14.4 Å². The predicted molar refractivity (Wildman–Crippen MR) is 209 cm³/mol. The van der Waals surface area contributed by atoms with Gasteiger partial charge in [-0.15, -0.1) is 0 Å². The minimum Gasteiger partial charge on any atom is -0.507 e. The largest absolute Gasteiger partial charge is 0.507 e. The number of benzene rings is 3. The van der Waals surface area contributed by atoms with Crippen molar-refractivity contribution in [2.75, 3.05) is 56.0 Å². The zero-order valence-corrected chi connectivity index (χ0v) is 31.5. The van der Waals surface area contributed by atoms with Crippen LogP contribution in [0.2, 0.25) is 0 Å².